The molecular formula is C22H28N2O3S. The van der Waals surface area contributed by atoms with Gasteiger partial charge in [-0.05, 0) is 37.0 Å². The Morgan fingerprint density at radius 2 is 1.54 bits per heavy atom. The molecule has 0 bridgehead atoms. The molecular weight excluding hydrogens is 372 g/mol. The van der Waals surface area contributed by atoms with E-state index in [-0.39, 0.29) is 29.9 Å². The van der Waals surface area contributed by atoms with Gasteiger partial charge in [-0.25, -0.2) is 8.42 Å². The van der Waals surface area contributed by atoms with Crippen LogP contribution in [0.25, 0.3) is 0 Å². The lowest BCUT2D eigenvalue weighted by Gasteiger charge is -2.26. The molecule has 1 amide bonds. The van der Waals surface area contributed by atoms with Gasteiger partial charge in [0.1, 0.15) is 0 Å². The normalized spacial score (nSPS) is 15.5. The molecule has 1 aliphatic rings. The first kappa shape index (κ1) is 20.6. The van der Waals surface area contributed by atoms with Crippen LogP contribution in [0.1, 0.15) is 37.7 Å². The van der Waals surface area contributed by atoms with Crippen molar-refractivity contribution in [3.8, 4) is 0 Å². The topological polar surface area (TPSA) is 66.5 Å². The molecule has 6 heteroatoms. The van der Waals surface area contributed by atoms with E-state index in [0.717, 1.165) is 31.2 Å². The fraction of sp³-hybridized carbons (Fsp3) is 0.409. The smallest absolute Gasteiger partial charge is 0.243 e. The highest BCUT2D eigenvalue weighted by Crippen LogP contribution is 2.19. The average molecular weight is 401 g/mol. The molecule has 1 aliphatic carbocycles. The molecule has 0 atom stereocenters. The van der Waals surface area contributed by atoms with Crippen LogP contribution < -0.4 is 5.32 Å². The zero-order chi connectivity index (χ0) is 19.8. The fourth-order valence-electron chi connectivity index (χ4n) is 3.60. The number of carbonyl (C=O) groups excluding carboxylic acids is 1. The molecule has 3 rings (SSSR count). The van der Waals surface area contributed by atoms with E-state index in [0.29, 0.717) is 6.42 Å². The van der Waals surface area contributed by atoms with Crippen molar-refractivity contribution in [3.63, 3.8) is 0 Å². The van der Waals surface area contributed by atoms with Gasteiger partial charge in [-0.15, -0.1) is 0 Å². The number of rotatable bonds is 8. The second-order valence-corrected chi connectivity index (χ2v) is 9.23. The highest BCUT2D eigenvalue weighted by molar-refractivity contribution is 7.89. The maximum Gasteiger partial charge on any atom is 0.243 e. The highest BCUT2D eigenvalue weighted by atomic mass is 32.2. The van der Waals surface area contributed by atoms with Crippen LogP contribution in [-0.4, -0.2) is 37.8 Å². The monoisotopic (exact) mass is 400 g/mol. The molecule has 0 spiro atoms. The first-order valence-corrected chi connectivity index (χ1v) is 11.4. The van der Waals surface area contributed by atoms with Crippen molar-refractivity contribution in [3.05, 3.63) is 66.2 Å². The molecule has 150 valence electrons. The summed E-state index contributed by atoms with van der Waals surface area (Å²) in [4.78, 5) is 12.8. The summed E-state index contributed by atoms with van der Waals surface area (Å²) in [7, 11) is -3.73. The summed E-state index contributed by atoms with van der Waals surface area (Å²) < 4.78 is 27.6. The van der Waals surface area contributed by atoms with Gasteiger partial charge in [0.2, 0.25) is 15.9 Å². The van der Waals surface area contributed by atoms with E-state index >= 15 is 0 Å². The van der Waals surface area contributed by atoms with Gasteiger partial charge in [0, 0.05) is 12.6 Å². The van der Waals surface area contributed by atoms with E-state index in [1.54, 1.807) is 30.3 Å². The third-order valence-corrected chi connectivity index (χ3v) is 7.02. The second kappa shape index (κ2) is 9.85. The molecule has 2 aromatic carbocycles. The summed E-state index contributed by atoms with van der Waals surface area (Å²) in [5.41, 5.74) is 1.04. The number of nitrogens with one attached hydrogen (secondary N) is 1. The predicted molar refractivity (Wildman–Crippen MR) is 110 cm³/mol. The summed E-state index contributed by atoms with van der Waals surface area (Å²) in [6.45, 7) is 0.111. The third kappa shape index (κ3) is 5.66. The van der Waals surface area contributed by atoms with E-state index in [9.17, 15) is 13.2 Å². The number of hydrogen-bond acceptors (Lipinski definition) is 3. The second-order valence-electron chi connectivity index (χ2n) is 7.29. The maximum absolute atomic E-state index is 13.1. The van der Waals surface area contributed by atoms with Crippen LogP contribution in [0.2, 0.25) is 0 Å². The molecule has 0 heterocycles. The van der Waals surface area contributed by atoms with Crippen molar-refractivity contribution >= 4 is 15.9 Å². The minimum Gasteiger partial charge on any atom is -0.352 e. The summed E-state index contributed by atoms with van der Waals surface area (Å²) in [6, 6.07) is 18.2. The lowest BCUT2D eigenvalue weighted by molar-refractivity contribution is -0.122. The summed E-state index contributed by atoms with van der Waals surface area (Å²) in [5, 5.41) is 3.03. The van der Waals surface area contributed by atoms with Crippen LogP contribution in [0.3, 0.4) is 0 Å². The van der Waals surface area contributed by atoms with Crippen molar-refractivity contribution in [1.82, 2.24) is 9.62 Å². The van der Waals surface area contributed by atoms with Gasteiger partial charge in [-0.3, -0.25) is 4.79 Å². The van der Waals surface area contributed by atoms with Crippen LogP contribution in [0, 0.1) is 0 Å². The van der Waals surface area contributed by atoms with Crippen LogP contribution in [0.15, 0.2) is 65.6 Å². The quantitative estimate of drug-likeness (QED) is 0.739. The van der Waals surface area contributed by atoms with Gasteiger partial charge in [-0.2, -0.15) is 4.31 Å². The Hall–Kier alpha value is -2.18. The van der Waals surface area contributed by atoms with E-state index in [1.165, 1.54) is 10.7 Å². The Morgan fingerprint density at radius 1 is 0.929 bits per heavy atom. The molecule has 2 aromatic rings. The van der Waals surface area contributed by atoms with E-state index in [2.05, 4.69) is 5.32 Å². The minimum absolute atomic E-state index is 0.152. The van der Waals surface area contributed by atoms with Crippen molar-refractivity contribution < 1.29 is 13.2 Å². The van der Waals surface area contributed by atoms with Crippen molar-refractivity contribution in [2.24, 2.45) is 0 Å². The van der Waals surface area contributed by atoms with Crippen LogP contribution in [0.5, 0.6) is 0 Å². The maximum atomic E-state index is 13.1. The first-order valence-electron chi connectivity index (χ1n) is 9.94. The van der Waals surface area contributed by atoms with E-state index < -0.39 is 10.0 Å². The van der Waals surface area contributed by atoms with Gasteiger partial charge in [0.15, 0.2) is 0 Å². The summed E-state index contributed by atoms with van der Waals surface area (Å²) >= 11 is 0. The number of hydrogen-bond donors (Lipinski definition) is 1. The average Bonchev–Trinajstić information content (AvgIpc) is 2.73. The SMILES string of the molecule is O=C(CN(CCc1ccccc1)S(=O)(=O)c1ccccc1)NC1CCCCC1. The van der Waals surface area contributed by atoms with Gasteiger partial charge in [0.25, 0.3) is 0 Å². The molecule has 0 saturated heterocycles. The molecule has 28 heavy (non-hydrogen) atoms. The molecule has 0 radical (unpaired) electrons. The molecule has 5 nitrogen and oxygen atoms in total. The Balaban J connectivity index is 1.72. The summed E-state index contributed by atoms with van der Waals surface area (Å²) in [6.07, 6.45) is 5.94. The first-order chi connectivity index (χ1) is 13.6. The third-order valence-electron chi connectivity index (χ3n) is 5.16. The number of benzene rings is 2. The predicted octanol–water partition coefficient (Wildman–Crippen LogP) is 3.37. The lowest BCUT2D eigenvalue weighted by atomic mass is 9.95. The molecule has 0 aromatic heterocycles. The number of carbonyl (C=O) groups is 1. The van der Waals surface area contributed by atoms with Crippen LogP contribution in [-0.2, 0) is 21.2 Å². The lowest BCUT2D eigenvalue weighted by Crippen LogP contribution is -2.45. The van der Waals surface area contributed by atoms with Gasteiger partial charge >= 0.3 is 0 Å². The van der Waals surface area contributed by atoms with E-state index in [1.807, 2.05) is 30.3 Å². The molecule has 0 aliphatic heterocycles. The van der Waals surface area contributed by atoms with Crippen LogP contribution in [0.4, 0.5) is 0 Å². The standard InChI is InChI=1S/C22H28N2O3S/c25-22(23-20-12-6-2-7-13-20)18-24(17-16-19-10-4-1-5-11-19)28(26,27)21-14-8-3-9-15-21/h1,3-5,8-11,14-15,20H,2,6-7,12-13,16-18H2,(H,23,25). The largest absolute Gasteiger partial charge is 0.352 e. The van der Waals surface area contributed by atoms with Gasteiger partial charge < -0.3 is 5.32 Å². The highest BCUT2D eigenvalue weighted by Gasteiger charge is 2.27. The van der Waals surface area contributed by atoms with Gasteiger partial charge in [-0.1, -0.05) is 67.8 Å². The molecule has 1 saturated carbocycles. The number of sulfonamides is 1. The molecule has 0 unspecified atom stereocenters. The Bertz CT molecular complexity index is 848. The molecule has 1 fully saturated rings. The minimum atomic E-state index is -3.73. The zero-order valence-corrected chi connectivity index (χ0v) is 16.9. The number of amides is 1. The van der Waals surface area contributed by atoms with Gasteiger partial charge in [0.05, 0.1) is 11.4 Å². The zero-order valence-electron chi connectivity index (χ0n) is 16.1. The van der Waals surface area contributed by atoms with Crippen molar-refractivity contribution in [2.45, 2.75) is 49.5 Å². The summed E-state index contributed by atoms with van der Waals surface area (Å²) in [5.74, 6) is -0.223. The Labute approximate surface area is 167 Å². The van der Waals surface area contributed by atoms with Crippen molar-refractivity contribution in [2.75, 3.05) is 13.1 Å². The van der Waals surface area contributed by atoms with E-state index in [4.69, 9.17) is 0 Å². The Kier molecular flexibility index (Phi) is 7.23. The number of nitrogens with zero attached hydrogens (tertiary/aromatic N) is 1. The van der Waals surface area contributed by atoms with Crippen molar-refractivity contribution in [1.29, 1.82) is 0 Å². The fourth-order valence-corrected chi connectivity index (χ4v) is 5.02. The molecule has 1 N–H and O–H groups in total. The Morgan fingerprint density at radius 3 is 2.18 bits per heavy atom. The van der Waals surface area contributed by atoms with Crippen LogP contribution >= 0.6 is 0 Å².